The van der Waals surface area contributed by atoms with Crippen molar-refractivity contribution < 1.29 is 4.74 Å². The van der Waals surface area contributed by atoms with Gasteiger partial charge in [0.2, 0.25) is 5.95 Å². The molecule has 11 nitrogen and oxygen atoms in total. The fraction of sp³-hybridized carbons (Fsp3) is 0.476. The second kappa shape index (κ2) is 9.08. The second-order valence-corrected chi connectivity index (χ2v) is 8.85. The number of rotatable bonds is 8. The number of methoxy groups -OCH3 is 1. The van der Waals surface area contributed by atoms with Gasteiger partial charge >= 0.3 is 0 Å². The van der Waals surface area contributed by atoms with E-state index in [2.05, 4.69) is 35.5 Å². The zero-order valence-corrected chi connectivity index (χ0v) is 19.3. The highest BCUT2D eigenvalue weighted by atomic mass is 35.5. The molecule has 1 aliphatic heterocycles. The molecule has 1 saturated carbocycles. The predicted molar refractivity (Wildman–Crippen MR) is 132 cm³/mol. The molecule has 0 bridgehead atoms. The molecule has 2 aromatic heterocycles. The summed E-state index contributed by atoms with van der Waals surface area (Å²) >= 11 is 6.84. The molecule has 12 heteroatoms. The number of benzene rings is 1. The fourth-order valence-electron chi connectivity index (χ4n) is 3.97. The lowest BCUT2D eigenvalue weighted by Gasteiger charge is -2.36. The van der Waals surface area contributed by atoms with E-state index in [9.17, 15) is 0 Å². The van der Waals surface area contributed by atoms with Gasteiger partial charge < -0.3 is 31.7 Å². The van der Waals surface area contributed by atoms with Crippen LogP contribution in [0.4, 0.5) is 34.6 Å². The average Bonchev–Trinajstić information content (AvgIpc) is 3.55. The molecule has 0 radical (unpaired) electrons. The molecular formula is C21H29ClN10O. The maximum Gasteiger partial charge on any atom is 0.247 e. The SMILES string of the molecule is COCCN1CCN(c2cc(N)cc(Nc3nc(NC4CC4)c4ncc(N)n4n3)c2Cl)CC1. The number of halogens is 1. The smallest absolute Gasteiger partial charge is 0.247 e. The lowest BCUT2D eigenvalue weighted by atomic mass is 10.2. The summed E-state index contributed by atoms with van der Waals surface area (Å²) in [6, 6.07) is 4.11. The van der Waals surface area contributed by atoms with Crippen LogP contribution >= 0.6 is 11.6 Å². The van der Waals surface area contributed by atoms with Gasteiger partial charge in [0.15, 0.2) is 11.5 Å². The highest BCUT2D eigenvalue weighted by molar-refractivity contribution is 6.36. The summed E-state index contributed by atoms with van der Waals surface area (Å²) in [5.74, 6) is 1.43. The molecule has 176 valence electrons. The number of anilines is 6. The molecule has 5 rings (SSSR count). The van der Waals surface area contributed by atoms with Crippen molar-refractivity contribution in [1.82, 2.24) is 24.5 Å². The van der Waals surface area contributed by atoms with Crippen LogP contribution in [-0.2, 0) is 4.74 Å². The quantitative estimate of drug-likeness (QED) is 0.360. The third-order valence-electron chi connectivity index (χ3n) is 5.95. The molecule has 2 aliphatic rings. The van der Waals surface area contributed by atoms with Crippen LogP contribution in [-0.4, -0.2) is 77.0 Å². The van der Waals surface area contributed by atoms with Gasteiger partial charge in [-0.2, -0.15) is 9.50 Å². The maximum absolute atomic E-state index is 6.84. The van der Waals surface area contributed by atoms with Crippen LogP contribution in [0.15, 0.2) is 18.3 Å². The molecule has 1 aliphatic carbocycles. The van der Waals surface area contributed by atoms with Crippen molar-refractivity contribution in [1.29, 1.82) is 0 Å². The molecule has 33 heavy (non-hydrogen) atoms. The van der Waals surface area contributed by atoms with E-state index in [4.69, 9.17) is 27.8 Å². The summed E-state index contributed by atoms with van der Waals surface area (Å²) in [6.07, 6.45) is 3.79. The van der Waals surface area contributed by atoms with E-state index in [1.807, 2.05) is 6.07 Å². The van der Waals surface area contributed by atoms with E-state index in [-0.39, 0.29) is 0 Å². The number of nitrogens with zero attached hydrogens (tertiary/aromatic N) is 6. The van der Waals surface area contributed by atoms with Crippen LogP contribution in [0, 0.1) is 0 Å². The molecule has 0 unspecified atom stereocenters. The van der Waals surface area contributed by atoms with Crippen LogP contribution in [0.25, 0.3) is 5.65 Å². The van der Waals surface area contributed by atoms with E-state index in [1.54, 1.807) is 23.9 Å². The van der Waals surface area contributed by atoms with Gasteiger partial charge in [-0.15, -0.1) is 5.10 Å². The van der Waals surface area contributed by atoms with Gasteiger partial charge in [-0.25, -0.2) is 4.98 Å². The van der Waals surface area contributed by atoms with E-state index in [0.29, 0.717) is 45.7 Å². The first-order chi connectivity index (χ1) is 16.0. The molecule has 3 aromatic rings. The minimum absolute atomic E-state index is 0.359. The van der Waals surface area contributed by atoms with Crippen LogP contribution in [0.5, 0.6) is 0 Å². The van der Waals surface area contributed by atoms with Crippen molar-refractivity contribution in [2.75, 3.05) is 73.4 Å². The number of nitrogens with one attached hydrogen (secondary N) is 2. The number of hydrogen-bond acceptors (Lipinski definition) is 10. The van der Waals surface area contributed by atoms with Crippen LogP contribution < -0.4 is 27.0 Å². The summed E-state index contributed by atoms with van der Waals surface area (Å²) in [6.45, 7) is 5.25. The molecule has 1 aromatic carbocycles. The average molecular weight is 473 g/mol. The Morgan fingerprint density at radius 1 is 1.18 bits per heavy atom. The van der Waals surface area contributed by atoms with Crippen molar-refractivity contribution in [2.45, 2.75) is 18.9 Å². The van der Waals surface area contributed by atoms with E-state index in [0.717, 1.165) is 57.9 Å². The first kappa shape index (κ1) is 21.8. The Bertz CT molecular complexity index is 1140. The minimum atomic E-state index is 0.359. The first-order valence-corrected chi connectivity index (χ1v) is 11.5. The lowest BCUT2D eigenvalue weighted by Crippen LogP contribution is -2.47. The Hall–Kier alpha value is -3.02. The Morgan fingerprint density at radius 3 is 2.70 bits per heavy atom. The summed E-state index contributed by atoms with van der Waals surface area (Å²) in [7, 11) is 1.73. The Labute approximate surface area is 197 Å². The Kier molecular flexibility index (Phi) is 6.00. The van der Waals surface area contributed by atoms with Gasteiger partial charge in [0.25, 0.3) is 0 Å². The van der Waals surface area contributed by atoms with Crippen molar-refractivity contribution in [3.8, 4) is 0 Å². The van der Waals surface area contributed by atoms with Crippen LogP contribution in [0.2, 0.25) is 5.02 Å². The van der Waals surface area contributed by atoms with E-state index in [1.165, 1.54) is 0 Å². The minimum Gasteiger partial charge on any atom is -0.399 e. The monoisotopic (exact) mass is 472 g/mol. The number of piperazine rings is 1. The Balaban J connectivity index is 1.40. The summed E-state index contributed by atoms with van der Waals surface area (Å²) in [4.78, 5) is 13.6. The lowest BCUT2D eigenvalue weighted by molar-refractivity contribution is 0.144. The van der Waals surface area contributed by atoms with Crippen molar-refractivity contribution in [2.24, 2.45) is 0 Å². The van der Waals surface area contributed by atoms with Crippen LogP contribution in [0.3, 0.4) is 0 Å². The zero-order chi connectivity index (χ0) is 22.9. The predicted octanol–water partition coefficient (Wildman–Crippen LogP) is 2.03. The largest absolute Gasteiger partial charge is 0.399 e. The fourth-order valence-corrected chi connectivity index (χ4v) is 4.25. The Morgan fingerprint density at radius 2 is 1.97 bits per heavy atom. The third kappa shape index (κ3) is 4.70. The van der Waals surface area contributed by atoms with Crippen molar-refractivity contribution in [3.63, 3.8) is 0 Å². The third-order valence-corrected chi connectivity index (χ3v) is 6.35. The molecule has 0 spiro atoms. The number of aromatic nitrogens is 4. The van der Waals surface area contributed by atoms with E-state index < -0.39 is 0 Å². The highest BCUT2D eigenvalue weighted by Gasteiger charge is 2.25. The number of ether oxygens (including phenoxy) is 1. The van der Waals surface area contributed by atoms with Crippen molar-refractivity contribution >= 4 is 51.9 Å². The highest BCUT2D eigenvalue weighted by Crippen LogP contribution is 2.37. The molecular weight excluding hydrogens is 444 g/mol. The molecule has 6 N–H and O–H groups in total. The number of nitrogen functional groups attached to an aromatic ring is 2. The van der Waals surface area contributed by atoms with E-state index >= 15 is 0 Å². The molecule has 3 heterocycles. The number of hydrogen-bond donors (Lipinski definition) is 4. The van der Waals surface area contributed by atoms with Crippen molar-refractivity contribution in [3.05, 3.63) is 23.4 Å². The standard InChI is InChI=1S/C21H29ClN10O/c1-33-9-8-30-4-6-31(7-5-30)16-11-13(23)10-15(18(16)22)27-21-28-19(26-14-2-3-14)20-25-12-17(24)32(20)29-21/h10-12,14H,2-9,23-24H2,1H3,(H2,26,27,28,29). The van der Waals surface area contributed by atoms with Gasteiger partial charge in [0.1, 0.15) is 5.82 Å². The molecule has 1 saturated heterocycles. The summed E-state index contributed by atoms with van der Waals surface area (Å²) in [5.41, 5.74) is 15.0. The first-order valence-electron chi connectivity index (χ1n) is 11.1. The zero-order valence-electron chi connectivity index (χ0n) is 18.6. The van der Waals surface area contributed by atoms with Gasteiger partial charge in [-0.05, 0) is 25.0 Å². The topological polar surface area (TPSA) is 135 Å². The summed E-state index contributed by atoms with van der Waals surface area (Å²) in [5, 5.41) is 11.7. The molecule has 0 amide bonds. The van der Waals surface area contributed by atoms with Gasteiger partial charge in [0.05, 0.1) is 29.2 Å². The van der Waals surface area contributed by atoms with Gasteiger partial charge in [0, 0.05) is 51.6 Å². The maximum atomic E-state index is 6.84. The molecule has 0 atom stereocenters. The van der Waals surface area contributed by atoms with Gasteiger partial charge in [-0.3, -0.25) is 4.90 Å². The molecule has 2 fully saturated rings. The van der Waals surface area contributed by atoms with Gasteiger partial charge in [-0.1, -0.05) is 11.6 Å². The second-order valence-electron chi connectivity index (χ2n) is 8.47. The normalized spacial score (nSPS) is 17.0. The number of nitrogens with two attached hydrogens (primary N) is 2. The summed E-state index contributed by atoms with van der Waals surface area (Å²) < 4.78 is 6.76. The number of imidazole rings is 1. The number of fused-ring (bicyclic) bond motifs is 1. The van der Waals surface area contributed by atoms with Crippen LogP contribution in [0.1, 0.15) is 12.8 Å².